The number of anilines is 1. The molecule has 0 saturated carbocycles. The lowest BCUT2D eigenvalue weighted by Crippen LogP contribution is -2.14. The zero-order chi connectivity index (χ0) is 13.0. The quantitative estimate of drug-likeness (QED) is 0.835. The highest BCUT2D eigenvalue weighted by Crippen LogP contribution is 2.22. The van der Waals surface area contributed by atoms with Crippen LogP contribution in [0.2, 0.25) is 5.02 Å². The Labute approximate surface area is 123 Å². The first-order valence-corrected chi connectivity index (χ1v) is 6.81. The highest BCUT2D eigenvalue weighted by atomic mass is 127. The molecule has 0 aliphatic carbocycles. The lowest BCUT2D eigenvalue weighted by atomic mass is 10.3. The molecule has 0 radical (unpaired) electrons. The van der Waals surface area contributed by atoms with Gasteiger partial charge in [-0.2, -0.15) is 0 Å². The Morgan fingerprint density at radius 3 is 3.00 bits per heavy atom. The second-order valence-electron chi connectivity index (χ2n) is 3.72. The van der Waals surface area contributed by atoms with Crippen molar-refractivity contribution in [3.05, 3.63) is 45.5 Å². The van der Waals surface area contributed by atoms with Gasteiger partial charge in [0.05, 0.1) is 12.0 Å². The molecule has 1 aromatic heterocycles. The van der Waals surface area contributed by atoms with Crippen LogP contribution in [0, 0.1) is 3.57 Å². The van der Waals surface area contributed by atoms with Crippen molar-refractivity contribution in [2.75, 3.05) is 5.32 Å². The first kappa shape index (κ1) is 13.4. The number of amides is 1. The highest BCUT2D eigenvalue weighted by Gasteiger charge is 2.06. The monoisotopic (exact) mass is 375 g/mol. The van der Waals surface area contributed by atoms with E-state index in [9.17, 15) is 4.79 Å². The van der Waals surface area contributed by atoms with E-state index in [4.69, 9.17) is 11.6 Å². The number of rotatable bonds is 4. The summed E-state index contributed by atoms with van der Waals surface area (Å²) in [4.78, 5) is 15.7. The van der Waals surface area contributed by atoms with Gasteiger partial charge in [0.25, 0.3) is 0 Å². The van der Waals surface area contributed by atoms with E-state index >= 15 is 0 Å². The topological polar surface area (TPSA) is 46.9 Å². The van der Waals surface area contributed by atoms with Crippen LogP contribution in [0.15, 0.2) is 36.9 Å². The second kappa shape index (κ2) is 6.19. The lowest BCUT2D eigenvalue weighted by Gasteiger charge is -2.08. The van der Waals surface area contributed by atoms with Crippen LogP contribution in [-0.2, 0) is 11.3 Å². The number of imidazole rings is 1. The van der Waals surface area contributed by atoms with Gasteiger partial charge in [0, 0.05) is 34.0 Å². The van der Waals surface area contributed by atoms with Crippen molar-refractivity contribution < 1.29 is 4.79 Å². The number of carbonyl (C=O) groups is 1. The van der Waals surface area contributed by atoms with Crippen molar-refractivity contribution >= 4 is 45.8 Å². The molecule has 18 heavy (non-hydrogen) atoms. The van der Waals surface area contributed by atoms with E-state index in [0.717, 1.165) is 9.26 Å². The average molecular weight is 376 g/mol. The minimum Gasteiger partial charge on any atom is -0.337 e. The number of nitrogens with one attached hydrogen (secondary N) is 1. The number of carbonyl (C=O) groups excluding carboxylic acids is 1. The number of aryl methyl sites for hydroxylation is 1. The molecule has 6 heteroatoms. The minimum atomic E-state index is -0.0241. The smallest absolute Gasteiger partial charge is 0.226 e. The maximum absolute atomic E-state index is 11.8. The Kier molecular flexibility index (Phi) is 4.60. The summed E-state index contributed by atoms with van der Waals surface area (Å²) in [5.74, 6) is -0.0241. The maximum atomic E-state index is 11.8. The molecule has 0 aliphatic heterocycles. The van der Waals surface area contributed by atoms with E-state index in [1.54, 1.807) is 24.7 Å². The van der Waals surface area contributed by atoms with E-state index in [-0.39, 0.29) is 5.91 Å². The molecule has 1 heterocycles. The molecule has 2 aromatic rings. The molecule has 0 unspecified atom stereocenters. The van der Waals surface area contributed by atoms with E-state index < -0.39 is 0 Å². The van der Waals surface area contributed by atoms with Gasteiger partial charge in [-0.3, -0.25) is 4.79 Å². The van der Waals surface area contributed by atoms with Crippen molar-refractivity contribution in [1.29, 1.82) is 0 Å². The average Bonchev–Trinajstić information content (AvgIpc) is 2.83. The van der Waals surface area contributed by atoms with E-state index in [1.165, 1.54) is 0 Å². The molecule has 0 saturated heterocycles. The molecular weight excluding hydrogens is 365 g/mol. The van der Waals surface area contributed by atoms with Gasteiger partial charge in [-0.05, 0) is 40.8 Å². The van der Waals surface area contributed by atoms with Crippen LogP contribution < -0.4 is 5.32 Å². The second-order valence-corrected chi connectivity index (χ2v) is 5.32. The van der Waals surface area contributed by atoms with E-state index in [0.29, 0.717) is 18.0 Å². The van der Waals surface area contributed by atoms with Crippen molar-refractivity contribution in [3.8, 4) is 0 Å². The van der Waals surface area contributed by atoms with E-state index in [2.05, 4.69) is 32.9 Å². The third-order valence-electron chi connectivity index (χ3n) is 2.36. The Hall–Kier alpha value is -1.08. The number of nitrogens with zero attached hydrogens (tertiary/aromatic N) is 2. The predicted molar refractivity (Wildman–Crippen MR) is 79.6 cm³/mol. The Bertz CT molecular complexity index is 542. The summed E-state index contributed by atoms with van der Waals surface area (Å²) in [7, 11) is 0. The first-order valence-electron chi connectivity index (χ1n) is 5.36. The summed E-state index contributed by atoms with van der Waals surface area (Å²) in [6.07, 6.45) is 5.63. The van der Waals surface area contributed by atoms with Crippen molar-refractivity contribution in [3.63, 3.8) is 0 Å². The van der Waals surface area contributed by atoms with Crippen molar-refractivity contribution in [2.45, 2.75) is 13.0 Å². The third-order valence-corrected chi connectivity index (χ3v) is 3.49. The Morgan fingerprint density at radius 1 is 1.50 bits per heavy atom. The third kappa shape index (κ3) is 3.71. The molecule has 0 atom stereocenters. The number of hydrogen-bond acceptors (Lipinski definition) is 2. The first-order chi connectivity index (χ1) is 8.65. The number of halogens is 2. The molecule has 0 fully saturated rings. The number of hydrogen-bond donors (Lipinski definition) is 1. The predicted octanol–water partition coefficient (Wildman–Crippen LogP) is 3.17. The normalized spacial score (nSPS) is 10.3. The van der Waals surface area contributed by atoms with Crippen LogP contribution in [0.5, 0.6) is 0 Å². The molecule has 0 spiro atoms. The van der Waals surface area contributed by atoms with Crippen LogP contribution >= 0.6 is 34.2 Å². The fourth-order valence-corrected chi connectivity index (χ4v) is 2.46. The molecule has 1 N–H and O–H groups in total. The maximum Gasteiger partial charge on any atom is 0.226 e. The van der Waals surface area contributed by atoms with Crippen LogP contribution in [0.1, 0.15) is 6.42 Å². The largest absolute Gasteiger partial charge is 0.337 e. The fourth-order valence-electron chi connectivity index (χ4n) is 1.45. The standard InChI is InChI=1S/C12H11ClIN3O/c13-9-1-2-11(10(14)7-9)16-12(18)3-5-17-6-4-15-8-17/h1-2,4,6-8H,3,5H2,(H,16,18). The summed E-state index contributed by atoms with van der Waals surface area (Å²) in [6.45, 7) is 0.621. The summed E-state index contributed by atoms with van der Waals surface area (Å²) in [6, 6.07) is 5.38. The fraction of sp³-hybridized carbons (Fsp3) is 0.167. The SMILES string of the molecule is O=C(CCn1ccnc1)Nc1ccc(Cl)cc1I. The lowest BCUT2D eigenvalue weighted by molar-refractivity contribution is -0.116. The Balaban J connectivity index is 1.91. The zero-order valence-electron chi connectivity index (χ0n) is 9.44. The summed E-state index contributed by atoms with van der Waals surface area (Å²) >= 11 is 8.00. The number of aromatic nitrogens is 2. The molecule has 1 amide bonds. The van der Waals surface area contributed by atoms with Gasteiger partial charge in [-0.1, -0.05) is 11.6 Å². The zero-order valence-corrected chi connectivity index (χ0v) is 12.4. The van der Waals surface area contributed by atoms with Crippen LogP contribution in [-0.4, -0.2) is 15.5 Å². The van der Waals surface area contributed by atoms with Crippen LogP contribution in [0.4, 0.5) is 5.69 Å². The highest BCUT2D eigenvalue weighted by molar-refractivity contribution is 14.1. The van der Waals surface area contributed by atoms with Crippen molar-refractivity contribution in [2.24, 2.45) is 0 Å². The van der Waals surface area contributed by atoms with Gasteiger partial charge in [-0.25, -0.2) is 4.98 Å². The minimum absolute atomic E-state index is 0.0241. The Morgan fingerprint density at radius 2 is 2.33 bits per heavy atom. The van der Waals surface area contributed by atoms with E-state index in [1.807, 2.05) is 16.8 Å². The van der Waals surface area contributed by atoms with Crippen LogP contribution in [0.25, 0.3) is 0 Å². The summed E-state index contributed by atoms with van der Waals surface area (Å²) in [5, 5.41) is 3.52. The molecular formula is C12H11ClIN3O. The molecule has 0 bridgehead atoms. The van der Waals surface area contributed by atoms with Gasteiger partial charge >= 0.3 is 0 Å². The number of benzene rings is 1. The molecule has 2 rings (SSSR count). The summed E-state index contributed by atoms with van der Waals surface area (Å²) < 4.78 is 2.79. The van der Waals surface area contributed by atoms with Crippen LogP contribution in [0.3, 0.4) is 0 Å². The molecule has 94 valence electrons. The van der Waals surface area contributed by atoms with Gasteiger partial charge < -0.3 is 9.88 Å². The van der Waals surface area contributed by atoms with Crippen molar-refractivity contribution in [1.82, 2.24) is 9.55 Å². The summed E-state index contributed by atoms with van der Waals surface area (Å²) in [5.41, 5.74) is 0.788. The van der Waals surface area contributed by atoms with Gasteiger partial charge in [0.15, 0.2) is 0 Å². The van der Waals surface area contributed by atoms with Gasteiger partial charge in [0.2, 0.25) is 5.91 Å². The van der Waals surface area contributed by atoms with Gasteiger partial charge in [-0.15, -0.1) is 0 Å². The molecule has 0 aliphatic rings. The molecule has 1 aromatic carbocycles. The van der Waals surface area contributed by atoms with Gasteiger partial charge in [0.1, 0.15) is 0 Å². The molecule has 4 nitrogen and oxygen atoms in total.